The van der Waals surface area contributed by atoms with E-state index < -0.39 is 5.82 Å². The molecular weight excluding hydrogens is 221 g/mol. The van der Waals surface area contributed by atoms with E-state index in [-0.39, 0.29) is 11.5 Å². The summed E-state index contributed by atoms with van der Waals surface area (Å²) in [6.07, 6.45) is 4.52. The number of rotatable bonds is 2. The number of piperidine rings is 1. The summed E-state index contributed by atoms with van der Waals surface area (Å²) in [7, 11) is 1.88. The van der Waals surface area contributed by atoms with Gasteiger partial charge in [0.15, 0.2) is 5.82 Å². The largest absolute Gasteiger partial charge is 0.337 e. The van der Waals surface area contributed by atoms with E-state index in [0.717, 1.165) is 19.0 Å². The molecular formula is C12H16FN3O. The Kier molecular flexibility index (Phi) is 3.68. The summed E-state index contributed by atoms with van der Waals surface area (Å²) in [4.78, 5) is 17.5. The molecule has 1 aromatic rings. The fourth-order valence-corrected chi connectivity index (χ4v) is 2.12. The van der Waals surface area contributed by atoms with Crippen molar-refractivity contribution in [3.8, 4) is 0 Å². The number of likely N-dealkylation sites (tertiary alicyclic amines) is 1. The van der Waals surface area contributed by atoms with Crippen LogP contribution in [0.1, 0.15) is 23.2 Å². The van der Waals surface area contributed by atoms with Crippen molar-refractivity contribution < 1.29 is 9.18 Å². The Labute approximate surface area is 99.8 Å². The van der Waals surface area contributed by atoms with E-state index in [2.05, 4.69) is 10.3 Å². The van der Waals surface area contributed by atoms with E-state index in [1.807, 2.05) is 7.05 Å². The lowest BCUT2D eigenvalue weighted by atomic mass is 10.0. The normalized spacial score (nSPS) is 20.4. The number of hydrogen-bond donors (Lipinski definition) is 1. The van der Waals surface area contributed by atoms with E-state index in [1.165, 1.54) is 12.3 Å². The van der Waals surface area contributed by atoms with Crippen molar-refractivity contribution in [2.75, 3.05) is 20.1 Å². The highest BCUT2D eigenvalue weighted by molar-refractivity contribution is 5.94. The van der Waals surface area contributed by atoms with Crippen molar-refractivity contribution in [3.63, 3.8) is 0 Å². The maximum atomic E-state index is 13.4. The predicted molar refractivity (Wildman–Crippen MR) is 62.2 cm³/mol. The van der Waals surface area contributed by atoms with Crippen LogP contribution in [0.15, 0.2) is 18.5 Å². The Morgan fingerprint density at radius 3 is 3.18 bits per heavy atom. The van der Waals surface area contributed by atoms with Crippen LogP contribution in [-0.2, 0) is 0 Å². The molecule has 0 radical (unpaired) electrons. The zero-order valence-electron chi connectivity index (χ0n) is 9.82. The molecule has 1 N–H and O–H groups in total. The summed E-state index contributed by atoms with van der Waals surface area (Å²) in [5.74, 6) is -0.797. The predicted octanol–water partition coefficient (Wildman–Crippen LogP) is 1.04. The van der Waals surface area contributed by atoms with Gasteiger partial charge in [-0.05, 0) is 26.0 Å². The lowest BCUT2D eigenvalue weighted by Gasteiger charge is -2.32. The first-order chi connectivity index (χ1) is 8.22. The molecule has 92 valence electrons. The van der Waals surface area contributed by atoms with E-state index in [0.29, 0.717) is 19.1 Å². The number of aromatic nitrogens is 1. The SMILES string of the molecule is CN[C@H]1CCCN(C(=O)c2ccncc2F)C1. The van der Waals surface area contributed by atoms with Crippen LogP contribution in [0.2, 0.25) is 0 Å². The first-order valence-corrected chi connectivity index (χ1v) is 5.78. The lowest BCUT2D eigenvalue weighted by molar-refractivity contribution is 0.0693. The van der Waals surface area contributed by atoms with Crippen LogP contribution in [0.3, 0.4) is 0 Å². The molecule has 1 amide bonds. The van der Waals surface area contributed by atoms with Gasteiger partial charge in [0.25, 0.3) is 5.91 Å². The van der Waals surface area contributed by atoms with Gasteiger partial charge in [-0.1, -0.05) is 0 Å². The number of carbonyl (C=O) groups is 1. The van der Waals surface area contributed by atoms with Crippen LogP contribution in [0.25, 0.3) is 0 Å². The van der Waals surface area contributed by atoms with Crippen molar-refractivity contribution >= 4 is 5.91 Å². The molecule has 1 atom stereocenters. The van der Waals surface area contributed by atoms with E-state index in [1.54, 1.807) is 4.90 Å². The number of pyridine rings is 1. The molecule has 5 heteroatoms. The average Bonchev–Trinajstić information content (AvgIpc) is 2.38. The molecule has 0 aromatic carbocycles. The molecule has 2 rings (SSSR count). The molecule has 1 aromatic heterocycles. The Balaban J connectivity index is 2.12. The zero-order chi connectivity index (χ0) is 12.3. The van der Waals surface area contributed by atoms with Crippen molar-refractivity contribution in [2.45, 2.75) is 18.9 Å². The van der Waals surface area contributed by atoms with Crippen molar-refractivity contribution in [1.82, 2.24) is 15.2 Å². The monoisotopic (exact) mass is 237 g/mol. The average molecular weight is 237 g/mol. The summed E-state index contributed by atoms with van der Waals surface area (Å²) in [5, 5.41) is 3.15. The summed E-state index contributed by atoms with van der Waals surface area (Å²) >= 11 is 0. The number of nitrogens with one attached hydrogen (secondary N) is 1. The fourth-order valence-electron chi connectivity index (χ4n) is 2.12. The molecule has 0 unspecified atom stereocenters. The fraction of sp³-hybridized carbons (Fsp3) is 0.500. The van der Waals surface area contributed by atoms with Gasteiger partial charge in [0.2, 0.25) is 0 Å². The van der Waals surface area contributed by atoms with Crippen LogP contribution in [0.4, 0.5) is 4.39 Å². The third-order valence-corrected chi connectivity index (χ3v) is 3.12. The minimum Gasteiger partial charge on any atom is -0.337 e. The van der Waals surface area contributed by atoms with E-state index >= 15 is 0 Å². The Hall–Kier alpha value is -1.49. The number of nitrogens with zero attached hydrogens (tertiary/aromatic N) is 2. The van der Waals surface area contributed by atoms with Gasteiger partial charge in [-0.25, -0.2) is 4.39 Å². The van der Waals surface area contributed by atoms with Crippen molar-refractivity contribution in [3.05, 3.63) is 29.8 Å². The number of likely N-dealkylation sites (N-methyl/N-ethyl adjacent to an activating group) is 1. The van der Waals surface area contributed by atoms with Gasteiger partial charge in [0.05, 0.1) is 11.8 Å². The van der Waals surface area contributed by atoms with Gasteiger partial charge in [-0.2, -0.15) is 0 Å². The molecule has 0 saturated carbocycles. The smallest absolute Gasteiger partial charge is 0.256 e. The van der Waals surface area contributed by atoms with Crippen LogP contribution < -0.4 is 5.32 Å². The third kappa shape index (κ3) is 2.61. The Morgan fingerprint density at radius 1 is 1.65 bits per heavy atom. The van der Waals surface area contributed by atoms with Gasteiger partial charge in [0.1, 0.15) is 0 Å². The minimum absolute atomic E-state index is 0.108. The second kappa shape index (κ2) is 5.23. The topological polar surface area (TPSA) is 45.2 Å². The highest BCUT2D eigenvalue weighted by Crippen LogP contribution is 2.15. The minimum atomic E-state index is -0.552. The number of halogens is 1. The van der Waals surface area contributed by atoms with Crippen molar-refractivity contribution in [1.29, 1.82) is 0 Å². The lowest BCUT2D eigenvalue weighted by Crippen LogP contribution is -2.47. The molecule has 2 heterocycles. The molecule has 1 fully saturated rings. The maximum Gasteiger partial charge on any atom is 0.256 e. The van der Waals surface area contributed by atoms with Gasteiger partial charge in [-0.15, -0.1) is 0 Å². The Bertz CT molecular complexity index is 410. The van der Waals surface area contributed by atoms with Crippen molar-refractivity contribution in [2.24, 2.45) is 0 Å². The van der Waals surface area contributed by atoms with E-state index in [9.17, 15) is 9.18 Å². The third-order valence-electron chi connectivity index (χ3n) is 3.12. The molecule has 0 bridgehead atoms. The molecule has 0 aliphatic carbocycles. The summed E-state index contributed by atoms with van der Waals surface area (Å²) in [6, 6.07) is 1.73. The number of carbonyl (C=O) groups excluding carboxylic acids is 1. The van der Waals surface area contributed by atoms with Gasteiger partial charge < -0.3 is 10.2 Å². The van der Waals surface area contributed by atoms with Crippen LogP contribution in [0, 0.1) is 5.82 Å². The zero-order valence-corrected chi connectivity index (χ0v) is 9.82. The number of amides is 1. The molecule has 1 aliphatic heterocycles. The summed E-state index contributed by atoms with van der Waals surface area (Å²) in [6.45, 7) is 1.33. The van der Waals surface area contributed by atoms with Gasteiger partial charge >= 0.3 is 0 Å². The first-order valence-electron chi connectivity index (χ1n) is 5.78. The molecule has 4 nitrogen and oxygen atoms in total. The highest BCUT2D eigenvalue weighted by Gasteiger charge is 2.25. The molecule has 1 saturated heterocycles. The summed E-state index contributed by atoms with van der Waals surface area (Å²) < 4.78 is 13.4. The summed E-state index contributed by atoms with van der Waals surface area (Å²) in [5.41, 5.74) is 0.108. The van der Waals surface area contributed by atoms with E-state index in [4.69, 9.17) is 0 Å². The second-order valence-electron chi connectivity index (χ2n) is 4.23. The standard InChI is InChI=1S/C12H16FN3O/c1-14-9-3-2-6-16(8-9)12(17)10-4-5-15-7-11(10)13/h4-5,7,9,14H,2-3,6,8H2,1H3/t9-/m0/s1. The number of hydrogen-bond acceptors (Lipinski definition) is 3. The second-order valence-corrected chi connectivity index (χ2v) is 4.23. The quantitative estimate of drug-likeness (QED) is 0.836. The van der Waals surface area contributed by atoms with Crippen LogP contribution in [0.5, 0.6) is 0 Å². The van der Waals surface area contributed by atoms with Gasteiger partial charge in [-0.3, -0.25) is 9.78 Å². The maximum absolute atomic E-state index is 13.4. The van der Waals surface area contributed by atoms with Crippen LogP contribution >= 0.6 is 0 Å². The van der Waals surface area contributed by atoms with Gasteiger partial charge in [0, 0.05) is 25.3 Å². The highest BCUT2D eigenvalue weighted by atomic mass is 19.1. The molecule has 0 spiro atoms. The van der Waals surface area contributed by atoms with Crippen LogP contribution in [-0.4, -0.2) is 42.0 Å². The molecule has 17 heavy (non-hydrogen) atoms. The molecule has 1 aliphatic rings. The Morgan fingerprint density at radius 2 is 2.47 bits per heavy atom. The first kappa shape index (κ1) is 12.0.